The molecule has 1 aromatic heterocycles. The van der Waals surface area contributed by atoms with Crippen LogP contribution in [0, 0.1) is 6.92 Å². The Morgan fingerprint density at radius 1 is 1.22 bits per heavy atom. The van der Waals surface area contributed by atoms with E-state index in [2.05, 4.69) is 10.3 Å². The summed E-state index contributed by atoms with van der Waals surface area (Å²) >= 11 is 6.15. The normalized spacial score (nSPS) is 14.6. The Hall–Kier alpha value is -2.07. The van der Waals surface area contributed by atoms with E-state index in [9.17, 15) is 4.79 Å². The van der Waals surface area contributed by atoms with E-state index in [1.807, 2.05) is 36.1 Å². The highest BCUT2D eigenvalue weighted by atomic mass is 35.5. The first-order chi connectivity index (χ1) is 11.1. The van der Waals surface area contributed by atoms with Crippen LogP contribution in [0.5, 0.6) is 0 Å². The Kier molecular flexibility index (Phi) is 4.82. The number of carbonyl (C=O) groups is 1. The first-order valence-corrected chi connectivity index (χ1v) is 8.30. The third-order valence-corrected chi connectivity index (χ3v) is 4.58. The van der Waals surface area contributed by atoms with E-state index in [4.69, 9.17) is 11.6 Å². The highest BCUT2D eigenvalue weighted by molar-refractivity contribution is 6.31. The van der Waals surface area contributed by atoms with E-state index in [0.717, 1.165) is 42.9 Å². The summed E-state index contributed by atoms with van der Waals surface area (Å²) < 4.78 is 0. The monoisotopic (exact) mass is 329 g/mol. The van der Waals surface area contributed by atoms with Gasteiger partial charge in [0.25, 0.3) is 5.91 Å². The predicted molar refractivity (Wildman–Crippen MR) is 93.5 cm³/mol. The highest BCUT2D eigenvalue weighted by Crippen LogP contribution is 2.26. The molecular formula is C18H20ClN3O. The maximum Gasteiger partial charge on any atom is 0.272 e. The average molecular weight is 330 g/mol. The van der Waals surface area contributed by atoms with Gasteiger partial charge in [-0.3, -0.25) is 9.78 Å². The highest BCUT2D eigenvalue weighted by Gasteiger charge is 2.19. The zero-order valence-electron chi connectivity index (χ0n) is 13.2. The van der Waals surface area contributed by atoms with E-state index in [1.54, 1.807) is 12.3 Å². The van der Waals surface area contributed by atoms with E-state index in [-0.39, 0.29) is 5.91 Å². The zero-order chi connectivity index (χ0) is 16.2. The van der Waals surface area contributed by atoms with Gasteiger partial charge in [0, 0.05) is 35.7 Å². The lowest BCUT2D eigenvalue weighted by atomic mass is 10.1. The minimum Gasteiger partial charge on any atom is -0.355 e. The number of anilines is 2. The fourth-order valence-corrected chi connectivity index (χ4v) is 2.96. The molecular weight excluding hydrogens is 310 g/mol. The van der Waals surface area contributed by atoms with Gasteiger partial charge in [-0.05, 0) is 56.0 Å². The molecule has 23 heavy (non-hydrogen) atoms. The van der Waals surface area contributed by atoms with Crippen LogP contribution in [0.4, 0.5) is 11.4 Å². The second-order valence-electron chi connectivity index (χ2n) is 5.82. The van der Waals surface area contributed by atoms with Crippen LogP contribution in [-0.2, 0) is 0 Å². The zero-order valence-corrected chi connectivity index (χ0v) is 13.9. The summed E-state index contributed by atoms with van der Waals surface area (Å²) in [5.41, 5.74) is 3.23. The van der Waals surface area contributed by atoms with Crippen molar-refractivity contribution in [2.45, 2.75) is 26.2 Å². The maximum absolute atomic E-state index is 12.5. The predicted octanol–water partition coefficient (Wildman–Crippen LogP) is 4.41. The molecule has 1 fully saturated rings. The molecule has 4 nitrogen and oxygen atoms in total. The first-order valence-electron chi connectivity index (χ1n) is 7.92. The molecule has 0 saturated carbocycles. The first kappa shape index (κ1) is 15.8. The number of hydrogen-bond donors (Lipinski definition) is 1. The Labute approximate surface area is 141 Å². The fourth-order valence-electron chi connectivity index (χ4n) is 2.78. The number of hydrogen-bond acceptors (Lipinski definition) is 3. The van der Waals surface area contributed by atoms with Crippen LogP contribution >= 0.6 is 11.6 Å². The number of pyridine rings is 1. The topological polar surface area (TPSA) is 45.2 Å². The van der Waals surface area contributed by atoms with Crippen LogP contribution in [0.2, 0.25) is 5.02 Å². The molecule has 5 heteroatoms. The van der Waals surface area contributed by atoms with Gasteiger partial charge in [0.05, 0.1) is 0 Å². The molecule has 0 aliphatic carbocycles. The minimum atomic E-state index is 0.0103. The molecule has 1 aromatic carbocycles. The lowest BCUT2D eigenvalue weighted by Crippen LogP contribution is -2.36. The molecule has 120 valence electrons. The van der Waals surface area contributed by atoms with E-state index >= 15 is 0 Å². The molecule has 0 bridgehead atoms. The van der Waals surface area contributed by atoms with Crippen LogP contribution in [0.25, 0.3) is 0 Å². The number of likely N-dealkylation sites (tertiary alicyclic amines) is 1. The van der Waals surface area contributed by atoms with Crippen molar-refractivity contribution in [2.24, 2.45) is 0 Å². The summed E-state index contributed by atoms with van der Waals surface area (Å²) in [5.74, 6) is 0.0103. The third-order valence-electron chi connectivity index (χ3n) is 4.17. The molecule has 1 amide bonds. The Bertz CT molecular complexity index is 711. The number of benzene rings is 1. The van der Waals surface area contributed by atoms with Gasteiger partial charge in [-0.1, -0.05) is 17.7 Å². The second kappa shape index (κ2) is 7.01. The SMILES string of the molecule is Cc1c(Cl)cccc1Nc1ccnc(C(=O)N2CCCCC2)c1. The quantitative estimate of drug-likeness (QED) is 0.907. The van der Waals surface area contributed by atoms with Crippen molar-refractivity contribution in [3.05, 3.63) is 52.8 Å². The summed E-state index contributed by atoms with van der Waals surface area (Å²) in [6.45, 7) is 3.61. The van der Waals surface area contributed by atoms with Crippen molar-refractivity contribution in [3.8, 4) is 0 Å². The lowest BCUT2D eigenvalue weighted by molar-refractivity contribution is 0.0718. The van der Waals surface area contributed by atoms with Crippen LogP contribution in [0.3, 0.4) is 0 Å². The molecule has 0 radical (unpaired) electrons. The number of amides is 1. The standard InChI is InChI=1S/C18H20ClN3O/c1-13-15(19)6-5-7-16(13)21-14-8-9-20-17(12-14)18(23)22-10-3-2-4-11-22/h5-9,12H,2-4,10-11H2,1H3,(H,20,21). The third kappa shape index (κ3) is 3.64. The number of piperidine rings is 1. The maximum atomic E-state index is 12.5. The average Bonchev–Trinajstić information content (AvgIpc) is 2.59. The molecule has 3 rings (SSSR count). The smallest absolute Gasteiger partial charge is 0.272 e. The number of halogens is 1. The Morgan fingerprint density at radius 2 is 2.00 bits per heavy atom. The number of aromatic nitrogens is 1. The van der Waals surface area contributed by atoms with Crippen molar-refractivity contribution < 1.29 is 4.79 Å². The van der Waals surface area contributed by atoms with Crippen molar-refractivity contribution in [2.75, 3.05) is 18.4 Å². The summed E-state index contributed by atoms with van der Waals surface area (Å²) in [6, 6.07) is 9.39. The van der Waals surface area contributed by atoms with Gasteiger partial charge in [-0.15, -0.1) is 0 Å². The summed E-state index contributed by atoms with van der Waals surface area (Å²) in [6.07, 6.45) is 5.02. The van der Waals surface area contributed by atoms with Gasteiger partial charge in [-0.25, -0.2) is 0 Å². The molecule has 1 aliphatic rings. The Morgan fingerprint density at radius 3 is 2.78 bits per heavy atom. The minimum absolute atomic E-state index is 0.0103. The van der Waals surface area contributed by atoms with Crippen molar-refractivity contribution in [1.82, 2.24) is 9.88 Å². The molecule has 0 atom stereocenters. The summed E-state index contributed by atoms with van der Waals surface area (Å²) in [7, 11) is 0. The van der Waals surface area contributed by atoms with E-state index in [1.165, 1.54) is 6.42 Å². The fraction of sp³-hybridized carbons (Fsp3) is 0.333. The van der Waals surface area contributed by atoms with Crippen LogP contribution in [0.15, 0.2) is 36.5 Å². The molecule has 0 unspecified atom stereocenters. The Balaban J connectivity index is 1.79. The number of nitrogens with one attached hydrogen (secondary N) is 1. The van der Waals surface area contributed by atoms with E-state index < -0.39 is 0 Å². The molecule has 2 heterocycles. The molecule has 1 saturated heterocycles. The van der Waals surface area contributed by atoms with Crippen LogP contribution in [-0.4, -0.2) is 28.9 Å². The van der Waals surface area contributed by atoms with Crippen LogP contribution in [0.1, 0.15) is 35.3 Å². The van der Waals surface area contributed by atoms with Crippen molar-refractivity contribution in [3.63, 3.8) is 0 Å². The van der Waals surface area contributed by atoms with Crippen molar-refractivity contribution >= 4 is 28.9 Å². The van der Waals surface area contributed by atoms with E-state index in [0.29, 0.717) is 10.7 Å². The van der Waals surface area contributed by atoms with Gasteiger partial charge in [-0.2, -0.15) is 0 Å². The second-order valence-corrected chi connectivity index (χ2v) is 6.23. The molecule has 1 N–H and O–H groups in total. The van der Waals surface area contributed by atoms with Crippen molar-refractivity contribution in [1.29, 1.82) is 0 Å². The van der Waals surface area contributed by atoms with Gasteiger partial charge >= 0.3 is 0 Å². The lowest BCUT2D eigenvalue weighted by Gasteiger charge is -2.26. The molecule has 2 aromatic rings. The summed E-state index contributed by atoms with van der Waals surface area (Å²) in [4.78, 5) is 18.7. The molecule has 0 spiro atoms. The van der Waals surface area contributed by atoms with Gasteiger partial charge < -0.3 is 10.2 Å². The van der Waals surface area contributed by atoms with Gasteiger partial charge in [0.2, 0.25) is 0 Å². The van der Waals surface area contributed by atoms with Gasteiger partial charge in [0.15, 0.2) is 0 Å². The number of nitrogens with zero attached hydrogens (tertiary/aromatic N) is 2. The van der Waals surface area contributed by atoms with Crippen LogP contribution < -0.4 is 5.32 Å². The summed E-state index contributed by atoms with van der Waals surface area (Å²) in [5, 5.41) is 4.03. The molecule has 1 aliphatic heterocycles. The number of carbonyl (C=O) groups excluding carboxylic acids is 1. The largest absolute Gasteiger partial charge is 0.355 e. The van der Waals surface area contributed by atoms with Gasteiger partial charge in [0.1, 0.15) is 5.69 Å². The number of rotatable bonds is 3.